The molecule has 1 atom stereocenters. The fraction of sp³-hybridized carbons (Fsp3) is 0.923. The van der Waals surface area contributed by atoms with Crippen LogP contribution >= 0.6 is 0 Å². The van der Waals surface area contributed by atoms with Crippen molar-refractivity contribution < 1.29 is 19.4 Å². The Hall–Kier alpha value is -0.473. The highest BCUT2D eigenvalue weighted by Gasteiger charge is 2.20. The summed E-state index contributed by atoms with van der Waals surface area (Å²) in [6.07, 6.45) is 1.03. The molecule has 0 aliphatic carbocycles. The highest BCUT2D eigenvalue weighted by molar-refractivity contribution is 6.26. The van der Waals surface area contributed by atoms with Crippen molar-refractivity contribution in [1.29, 1.82) is 0 Å². The van der Waals surface area contributed by atoms with Gasteiger partial charge in [0, 0.05) is 25.0 Å². The summed E-state index contributed by atoms with van der Waals surface area (Å²) in [5.41, 5.74) is -0.400. The number of nitrogens with one attached hydrogen (secondary N) is 2. The minimum absolute atomic E-state index is 0.00731. The van der Waals surface area contributed by atoms with Crippen LogP contribution < -0.4 is 10.6 Å². The van der Waals surface area contributed by atoms with Crippen LogP contribution in [0.2, 0.25) is 6.04 Å². The average Bonchev–Trinajstić information content (AvgIpc) is 2.39. The smallest absolute Gasteiger partial charge is 0.229 e. The molecule has 7 heteroatoms. The lowest BCUT2D eigenvalue weighted by Crippen LogP contribution is -2.39. The molecule has 0 aromatic rings. The monoisotopic (exact) mass is 304 g/mol. The number of amides is 1. The van der Waals surface area contributed by atoms with Gasteiger partial charge in [0.2, 0.25) is 15.7 Å². The molecule has 3 N–H and O–H groups in total. The summed E-state index contributed by atoms with van der Waals surface area (Å²) in [7, 11) is 0.527. The lowest BCUT2D eigenvalue weighted by atomic mass is 9.96. The summed E-state index contributed by atoms with van der Waals surface area (Å²) in [5.74, 6) is -0.00731. The Kier molecular flexibility index (Phi) is 10.9. The van der Waals surface area contributed by atoms with Gasteiger partial charge in [-0.2, -0.15) is 0 Å². The first-order valence-electron chi connectivity index (χ1n) is 7.08. The van der Waals surface area contributed by atoms with Crippen molar-refractivity contribution in [2.75, 3.05) is 19.7 Å². The fourth-order valence-electron chi connectivity index (χ4n) is 1.37. The Balaban J connectivity index is 3.64. The van der Waals surface area contributed by atoms with E-state index in [1.807, 2.05) is 27.7 Å². The third-order valence-corrected chi connectivity index (χ3v) is 3.63. The van der Waals surface area contributed by atoms with Gasteiger partial charge in [-0.3, -0.25) is 15.4 Å². The van der Waals surface area contributed by atoms with E-state index >= 15 is 0 Å². The summed E-state index contributed by atoms with van der Waals surface area (Å²) in [6, 6.07) is 1.000. The van der Waals surface area contributed by atoms with Gasteiger partial charge < -0.3 is 9.74 Å². The van der Waals surface area contributed by atoms with Crippen molar-refractivity contribution in [1.82, 2.24) is 10.6 Å². The zero-order chi connectivity index (χ0) is 15.4. The number of carbonyl (C=O) groups is 1. The molecular formula is C13H28N2O4Si. The van der Waals surface area contributed by atoms with Gasteiger partial charge in [0.25, 0.3) is 0 Å². The van der Waals surface area contributed by atoms with E-state index in [4.69, 9.17) is 9.68 Å². The van der Waals surface area contributed by atoms with Crippen molar-refractivity contribution >= 4 is 15.7 Å². The zero-order valence-electron chi connectivity index (χ0n) is 13.0. The molecular weight excluding hydrogens is 276 g/mol. The predicted molar refractivity (Wildman–Crippen MR) is 79.4 cm³/mol. The predicted octanol–water partition coefficient (Wildman–Crippen LogP) is 1.41. The molecule has 6 nitrogen and oxygen atoms in total. The maximum atomic E-state index is 11.6. The highest BCUT2D eigenvalue weighted by Crippen LogP contribution is 2.12. The molecule has 0 saturated heterocycles. The molecule has 118 valence electrons. The van der Waals surface area contributed by atoms with Crippen LogP contribution in [-0.2, 0) is 14.1 Å². The van der Waals surface area contributed by atoms with Crippen LogP contribution in [0.4, 0.5) is 0 Å². The first-order valence-corrected chi connectivity index (χ1v) is 8.20. The molecule has 0 fully saturated rings. The Morgan fingerprint density at radius 3 is 2.60 bits per heavy atom. The second-order valence-corrected chi connectivity index (χ2v) is 6.60. The molecule has 0 saturated carbocycles. The number of hydrogen-bond acceptors (Lipinski definition) is 5. The van der Waals surface area contributed by atoms with Crippen LogP contribution in [0.15, 0.2) is 0 Å². The van der Waals surface area contributed by atoms with E-state index in [-0.39, 0.29) is 5.91 Å². The lowest BCUT2D eigenvalue weighted by molar-refractivity contribution is -0.286. The number of carbonyl (C=O) groups excluding carboxylic acids is 1. The topological polar surface area (TPSA) is 79.8 Å². The van der Waals surface area contributed by atoms with E-state index in [9.17, 15) is 4.79 Å². The minimum Gasteiger partial charge on any atom is -0.418 e. The SMILES string of the molecule is CCO[Si]CCCNC(CCNC(=O)C(C)(C)C)OO. The zero-order valence-corrected chi connectivity index (χ0v) is 14.0. The molecule has 0 bridgehead atoms. The maximum absolute atomic E-state index is 11.6. The molecule has 0 aliphatic heterocycles. The Morgan fingerprint density at radius 2 is 2.05 bits per heavy atom. The van der Waals surface area contributed by atoms with Crippen LogP contribution in [0.25, 0.3) is 0 Å². The van der Waals surface area contributed by atoms with Crippen LogP contribution in [0.1, 0.15) is 40.5 Å². The van der Waals surface area contributed by atoms with Gasteiger partial charge in [-0.25, -0.2) is 4.89 Å². The van der Waals surface area contributed by atoms with Crippen molar-refractivity contribution in [3.63, 3.8) is 0 Å². The fourth-order valence-corrected chi connectivity index (χ4v) is 2.04. The maximum Gasteiger partial charge on any atom is 0.229 e. The van der Waals surface area contributed by atoms with Crippen LogP contribution in [-0.4, -0.2) is 46.9 Å². The Morgan fingerprint density at radius 1 is 1.35 bits per heavy atom. The molecule has 1 unspecified atom stereocenters. The molecule has 2 radical (unpaired) electrons. The first-order chi connectivity index (χ1) is 9.41. The number of rotatable bonds is 11. The molecule has 0 spiro atoms. The van der Waals surface area contributed by atoms with Crippen molar-refractivity contribution in [2.24, 2.45) is 5.41 Å². The molecule has 0 aromatic carbocycles. The molecule has 20 heavy (non-hydrogen) atoms. The Labute approximate surface area is 124 Å². The van der Waals surface area contributed by atoms with Gasteiger partial charge in [0.1, 0.15) is 6.23 Å². The second kappa shape index (κ2) is 11.2. The van der Waals surface area contributed by atoms with E-state index in [0.29, 0.717) is 22.7 Å². The van der Waals surface area contributed by atoms with Gasteiger partial charge in [0.05, 0.1) is 0 Å². The van der Waals surface area contributed by atoms with E-state index in [1.54, 1.807) is 0 Å². The van der Waals surface area contributed by atoms with Crippen molar-refractivity contribution in [3.05, 3.63) is 0 Å². The quantitative estimate of drug-likeness (QED) is 0.177. The summed E-state index contributed by atoms with van der Waals surface area (Å²) in [4.78, 5) is 16.0. The first kappa shape index (κ1) is 19.5. The minimum atomic E-state index is -0.453. The largest absolute Gasteiger partial charge is 0.418 e. The van der Waals surface area contributed by atoms with Gasteiger partial charge in [0.15, 0.2) is 0 Å². The van der Waals surface area contributed by atoms with E-state index in [2.05, 4.69) is 15.5 Å². The molecule has 0 heterocycles. The van der Waals surface area contributed by atoms with Gasteiger partial charge in [-0.15, -0.1) is 0 Å². The third kappa shape index (κ3) is 10.3. The number of hydrogen-bond donors (Lipinski definition) is 3. The second-order valence-electron chi connectivity index (χ2n) is 5.52. The summed E-state index contributed by atoms with van der Waals surface area (Å²) in [6.45, 7) is 9.53. The van der Waals surface area contributed by atoms with Crippen molar-refractivity contribution in [2.45, 2.75) is 52.8 Å². The van der Waals surface area contributed by atoms with E-state index in [0.717, 1.165) is 25.6 Å². The summed E-state index contributed by atoms with van der Waals surface area (Å²) < 4.78 is 5.26. The van der Waals surface area contributed by atoms with E-state index < -0.39 is 11.6 Å². The van der Waals surface area contributed by atoms with Gasteiger partial charge in [-0.05, 0) is 25.9 Å². The Bertz CT molecular complexity index is 259. The average molecular weight is 304 g/mol. The summed E-state index contributed by atoms with van der Waals surface area (Å²) >= 11 is 0. The highest BCUT2D eigenvalue weighted by atomic mass is 28.2. The van der Waals surface area contributed by atoms with Gasteiger partial charge in [-0.1, -0.05) is 20.8 Å². The van der Waals surface area contributed by atoms with Crippen LogP contribution in [0.5, 0.6) is 0 Å². The molecule has 0 rings (SSSR count). The van der Waals surface area contributed by atoms with Crippen LogP contribution in [0.3, 0.4) is 0 Å². The van der Waals surface area contributed by atoms with Gasteiger partial charge >= 0.3 is 0 Å². The molecule has 1 amide bonds. The van der Waals surface area contributed by atoms with Crippen LogP contribution in [0, 0.1) is 5.41 Å². The molecule has 0 aromatic heterocycles. The van der Waals surface area contributed by atoms with Crippen molar-refractivity contribution in [3.8, 4) is 0 Å². The summed E-state index contributed by atoms with van der Waals surface area (Å²) in [5, 5.41) is 14.7. The standard InChI is InChI=1S/C13H28N2O4Si/c1-5-18-20-10-6-8-14-11(19-17)7-9-15-12(16)13(2,3)4/h11,14,17H,5-10H2,1-4H3,(H,15,16). The lowest BCUT2D eigenvalue weighted by Gasteiger charge is -2.19. The van der Waals surface area contributed by atoms with E-state index in [1.165, 1.54) is 0 Å². The normalized spacial score (nSPS) is 13.2. The molecule has 0 aliphatic rings. The third-order valence-electron chi connectivity index (χ3n) is 2.57.